The molecule has 4 rings (SSSR count). The molecule has 0 amide bonds. The number of esters is 1. The Morgan fingerprint density at radius 1 is 1.11 bits per heavy atom. The van der Waals surface area contributed by atoms with Crippen molar-refractivity contribution in [2.45, 2.75) is 31.3 Å². The summed E-state index contributed by atoms with van der Waals surface area (Å²) in [6.07, 6.45) is 8.39. The standard InChI is InChI=1S/C29H31ClN2O3/c1-35-28(33)20-22-5-2-6-23(19-22)27(24-7-3-15-31-21-24)8-4-16-32-17-13-29(34,14-18-32)25-9-11-26(30)12-10-25/h2-3,5-12,15,19,21,34H,4,13-14,16-18,20H2,1H3/b27-8-. The highest BCUT2D eigenvalue weighted by atomic mass is 35.5. The number of nitrogens with zero attached hydrogens (tertiary/aromatic N) is 2. The van der Waals surface area contributed by atoms with Crippen molar-refractivity contribution < 1.29 is 14.6 Å². The number of benzene rings is 2. The Balaban J connectivity index is 1.44. The molecular weight excluding hydrogens is 460 g/mol. The van der Waals surface area contributed by atoms with Crippen molar-refractivity contribution in [3.05, 3.63) is 106 Å². The van der Waals surface area contributed by atoms with E-state index >= 15 is 0 Å². The van der Waals surface area contributed by atoms with Crippen molar-refractivity contribution in [3.63, 3.8) is 0 Å². The van der Waals surface area contributed by atoms with Crippen LogP contribution in [0.25, 0.3) is 5.57 Å². The Kier molecular flexibility index (Phi) is 8.34. The van der Waals surface area contributed by atoms with E-state index in [4.69, 9.17) is 16.3 Å². The van der Waals surface area contributed by atoms with Crippen LogP contribution >= 0.6 is 11.6 Å². The first kappa shape index (κ1) is 25.1. The number of rotatable bonds is 8. The van der Waals surface area contributed by atoms with E-state index in [1.54, 1.807) is 6.20 Å². The predicted molar refractivity (Wildman–Crippen MR) is 139 cm³/mol. The number of carbonyl (C=O) groups is 1. The van der Waals surface area contributed by atoms with Gasteiger partial charge in [0.2, 0.25) is 0 Å². The monoisotopic (exact) mass is 490 g/mol. The van der Waals surface area contributed by atoms with Gasteiger partial charge in [-0.15, -0.1) is 0 Å². The van der Waals surface area contributed by atoms with Crippen molar-refractivity contribution in [1.82, 2.24) is 9.88 Å². The molecule has 5 nitrogen and oxygen atoms in total. The minimum Gasteiger partial charge on any atom is -0.469 e. The number of hydrogen-bond acceptors (Lipinski definition) is 5. The number of hydrogen-bond donors (Lipinski definition) is 1. The van der Waals surface area contributed by atoms with Crippen molar-refractivity contribution >= 4 is 23.1 Å². The van der Waals surface area contributed by atoms with Gasteiger partial charge in [-0.2, -0.15) is 0 Å². The highest BCUT2D eigenvalue weighted by Crippen LogP contribution is 2.33. The minimum atomic E-state index is -0.794. The van der Waals surface area contributed by atoms with Gasteiger partial charge in [-0.3, -0.25) is 9.78 Å². The third-order valence-corrected chi connectivity index (χ3v) is 6.90. The first-order chi connectivity index (χ1) is 17.0. The van der Waals surface area contributed by atoms with Crippen LogP contribution < -0.4 is 0 Å². The number of aromatic nitrogens is 1. The lowest BCUT2D eigenvalue weighted by molar-refractivity contribution is -0.139. The molecule has 35 heavy (non-hydrogen) atoms. The highest BCUT2D eigenvalue weighted by Gasteiger charge is 2.33. The Bertz CT molecular complexity index is 1150. The largest absolute Gasteiger partial charge is 0.469 e. The first-order valence-electron chi connectivity index (χ1n) is 11.9. The Morgan fingerprint density at radius 3 is 2.54 bits per heavy atom. The SMILES string of the molecule is COC(=O)Cc1cccc(/C(=C/CCN2CCC(O)(c3ccc(Cl)cc3)CC2)c2cccnc2)c1. The van der Waals surface area contributed by atoms with Crippen LogP contribution in [0.2, 0.25) is 5.02 Å². The molecule has 3 aromatic rings. The third-order valence-electron chi connectivity index (χ3n) is 6.65. The average molecular weight is 491 g/mol. The molecule has 1 N–H and O–H groups in total. The molecule has 182 valence electrons. The van der Waals surface area contributed by atoms with Gasteiger partial charge in [0.25, 0.3) is 0 Å². The van der Waals surface area contributed by atoms with Crippen LogP contribution in [0.3, 0.4) is 0 Å². The summed E-state index contributed by atoms with van der Waals surface area (Å²) in [6.45, 7) is 2.58. The molecule has 0 radical (unpaired) electrons. The smallest absolute Gasteiger partial charge is 0.309 e. The van der Waals surface area contributed by atoms with Gasteiger partial charge in [0.15, 0.2) is 0 Å². The second kappa shape index (κ2) is 11.6. The molecule has 1 fully saturated rings. The maximum atomic E-state index is 11.8. The van der Waals surface area contributed by atoms with Crippen LogP contribution in [0.15, 0.2) is 79.1 Å². The van der Waals surface area contributed by atoms with Crippen LogP contribution in [-0.4, -0.2) is 47.7 Å². The topological polar surface area (TPSA) is 62.7 Å². The van der Waals surface area contributed by atoms with Gasteiger partial charge in [-0.05, 0) is 59.7 Å². The Labute approximate surface area is 212 Å². The van der Waals surface area contributed by atoms with E-state index in [0.29, 0.717) is 17.9 Å². The van der Waals surface area contributed by atoms with Crippen molar-refractivity contribution in [1.29, 1.82) is 0 Å². The molecule has 6 heteroatoms. The summed E-state index contributed by atoms with van der Waals surface area (Å²) >= 11 is 6.01. The molecule has 0 bridgehead atoms. The van der Waals surface area contributed by atoms with Crippen LogP contribution in [0.1, 0.15) is 41.5 Å². The maximum absolute atomic E-state index is 11.8. The van der Waals surface area contributed by atoms with E-state index in [1.807, 2.05) is 54.7 Å². The summed E-state index contributed by atoms with van der Waals surface area (Å²) in [4.78, 5) is 18.5. The second-order valence-electron chi connectivity index (χ2n) is 8.98. The van der Waals surface area contributed by atoms with Gasteiger partial charge in [0, 0.05) is 42.6 Å². The summed E-state index contributed by atoms with van der Waals surface area (Å²) < 4.78 is 4.83. The third kappa shape index (κ3) is 6.57. The minimum absolute atomic E-state index is 0.245. The number of carbonyl (C=O) groups excluding carboxylic acids is 1. The van der Waals surface area contributed by atoms with Crippen molar-refractivity contribution in [2.75, 3.05) is 26.7 Å². The van der Waals surface area contributed by atoms with E-state index < -0.39 is 5.60 Å². The lowest BCUT2D eigenvalue weighted by Crippen LogP contribution is -2.42. The Morgan fingerprint density at radius 2 is 1.86 bits per heavy atom. The molecule has 0 saturated carbocycles. The zero-order valence-corrected chi connectivity index (χ0v) is 20.7. The van der Waals surface area contributed by atoms with Crippen molar-refractivity contribution in [3.8, 4) is 0 Å². The Hall–Kier alpha value is -2.99. The fourth-order valence-corrected chi connectivity index (χ4v) is 4.72. The molecule has 2 aromatic carbocycles. The maximum Gasteiger partial charge on any atom is 0.309 e. The first-order valence-corrected chi connectivity index (χ1v) is 12.3. The fraction of sp³-hybridized carbons (Fsp3) is 0.310. The van der Waals surface area contributed by atoms with Crippen LogP contribution in [0, 0.1) is 0 Å². The molecule has 2 heterocycles. The number of likely N-dealkylation sites (tertiary alicyclic amines) is 1. The molecule has 1 saturated heterocycles. The number of ether oxygens (including phenoxy) is 1. The lowest BCUT2D eigenvalue weighted by atomic mass is 9.84. The number of halogens is 1. The molecule has 0 atom stereocenters. The van der Waals surface area contributed by atoms with E-state index in [0.717, 1.165) is 53.9 Å². The summed E-state index contributed by atoms with van der Waals surface area (Å²) in [7, 11) is 1.41. The summed E-state index contributed by atoms with van der Waals surface area (Å²) in [5.41, 5.74) is 4.25. The van der Waals surface area contributed by atoms with Gasteiger partial charge in [-0.25, -0.2) is 0 Å². The molecule has 1 aromatic heterocycles. The quantitative estimate of drug-likeness (QED) is 0.436. The van der Waals surface area contributed by atoms with Crippen LogP contribution in [-0.2, 0) is 21.6 Å². The average Bonchev–Trinajstić information content (AvgIpc) is 2.88. The van der Waals surface area contributed by atoms with E-state index in [-0.39, 0.29) is 12.4 Å². The normalized spacial score (nSPS) is 16.1. The van der Waals surface area contributed by atoms with Gasteiger partial charge < -0.3 is 14.7 Å². The number of pyridine rings is 1. The summed E-state index contributed by atoms with van der Waals surface area (Å²) in [5.74, 6) is -0.252. The molecule has 0 aliphatic carbocycles. The zero-order chi connectivity index (χ0) is 24.7. The molecule has 1 aliphatic heterocycles. The zero-order valence-electron chi connectivity index (χ0n) is 20.0. The van der Waals surface area contributed by atoms with Crippen LogP contribution in [0.4, 0.5) is 0 Å². The van der Waals surface area contributed by atoms with Gasteiger partial charge in [-0.1, -0.05) is 60.1 Å². The second-order valence-corrected chi connectivity index (χ2v) is 9.42. The molecule has 0 spiro atoms. The van der Waals surface area contributed by atoms with Gasteiger partial charge >= 0.3 is 5.97 Å². The molecule has 1 aliphatic rings. The number of aliphatic hydroxyl groups is 1. The predicted octanol–water partition coefficient (Wildman–Crippen LogP) is 5.26. The van der Waals surface area contributed by atoms with E-state index in [9.17, 15) is 9.90 Å². The number of methoxy groups -OCH3 is 1. The summed E-state index contributed by atoms with van der Waals surface area (Å²) in [6, 6.07) is 19.5. The highest BCUT2D eigenvalue weighted by molar-refractivity contribution is 6.30. The van der Waals surface area contributed by atoms with E-state index in [2.05, 4.69) is 28.1 Å². The van der Waals surface area contributed by atoms with E-state index in [1.165, 1.54) is 7.11 Å². The fourth-order valence-electron chi connectivity index (χ4n) is 4.60. The van der Waals surface area contributed by atoms with Gasteiger partial charge in [0.05, 0.1) is 19.1 Å². The summed E-state index contributed by atoms with van der Waals surface area (Å²) in [5, 5.41) is 11.8. The molecule has 0 unspecified atom stereocenters. The van der Waals surface area contributed by atoms with Crippen molar-refractivity contribution in [2.24, 2.45) is 0 Å². The molecular formula is C29H31ClN2O3. The van der Waals surface area contributed by atoms with Gasteiger partial charge in [0.1, 0.15) is 0 Å². The van der Waals surface area contributed by atoms with Crippen LogP contribution in [0.5, 0.6) is 0 Å². The number of piperidine rings is 1. The lowest BCUT2D eigenvalue weighted by Gasteiger charge is -2.38.